The molecule has 2 atom stereocenters. The van der Waals surface area contributed by atoms with Crippen LogP contribution >= 0.6 is 22.7 Å². The van der Waals surface area contributed by atoms with Crippen molar-refractivity contribution in [1.29, 1.82) is 0 Å². The van der Waals surface area contributed by atoms with Gasteiger partial charge in [-0.1, -0.05) is 20.3 Å². The molecule has 1 aliphatic carbocycles. The van der Waals surface area contributed by atoms with E-state index in [2.05, 4.69) is 24.5 Å². The van der Waals surface area contributed by atoms with E-state index in [4.69, 9.17) is 0 Å². The fourth-order valence-electron chi connectivity index (χ4n) is 3.82. The molecule has 0 radical (unpaired) electrons. The van der Waals surface area contributed by atoms with Crippen molar-refractivity contribution in [2.75, 3.05) is 13.1 Å². The average molecular weight is 419 g/mol. The maximum Gasteiger partial charge on any atom is 0.252 e. The summed E-state index contributed by atoms with van der Waals surface area (Å²) < 4.78 is 0. The number of hydrogen-bond donors (Lipinski definition) is 2. The zero-order valence-corrected chi connectivity index (χ0v) is 18.4. The largest absolute Gasteiger partial charge is 0.352 e. The van der Waals surface area contributed by atoms with Crippen molar-refractivity contribution in [3.05, 3.63) is 43.8 Å². The smallest absolute Gasteiger partial charge is 0.252 e. The molecule has 6 heteroatoms. The number of rotatable bonds is 8. The standard InChI is InChI=1S/C22H30N2O2S2/c1-3-19-9-17(13-27-19)21(25)23-11-15-6-5-7-16(8-15)12-24-22(26)18-10-20(4-2)28-14-18/h9-10,13-16H,3-8,11-12H2,1-2H3,(H,23,25)(H,24,26)/t15-,16-/m0/s1. The summed E-state index contributed by atoms with van der Waals surface area (Å²) in [6, 6.07) is 3.99. The van der Waals surface area contributed by atoms with E-state index in [0.717, 1.165) is 62.7 Å². The van der Waals surface area contributed by atoms with Gasteiger partial charge in [-0.15, -0.1) is 22.7 Å². The van der Waals surface area contributed by atoms with Crippen LogP contribution < -0.4 is 10.6 Å². The lowest BCUT2D eigenvalue weighted by Crippen LogP contribution is -2.35. The van der Waals surface area contributed by atoms with Crippen molar-refractivity contribution in [2.45, 2.75) is 52.4 Å². The molecule has 2 aromatic rings. The van der Waals surface area contributed by atoms with Gasteiger partial charge in [0.2, 0.25) is 0 Å². The van der Waals surface area contributed by atoms with Gasteiger partial charge >= 0.3 is 0 Å². The molecule has 0 saturated heterocycles. The van der Waals surface area contributed by atoms with Gasteiger partial charge in [0.1, 0.15) is 0 Å². The molecule has 4 nitrogen and oxygen atoms in total. The summed E-state index contributed by atoms with van der Waals surface area (Å²) >= 11 is 3.30. The zero-order valence-electron chi connectivity index (χ0n) is 16.8. The fraction of sp³-hybridized carbons (Fsp3) is 0.545. The van der Waals surface area contributed by atoms with Gasteiger partial charge in [0.25, 0.3) is 11.8 Å². The van der Waals surface area contributed by atoms with Crippen molar-refractivity contribution in [3.8, 4) is 0 Å². The first-order valence-electron chi connectivity index (χ1n) is 10.3. The molecule has 0 bridgehead atoms. The quantitative estimate of drug-likeness (QED) is 0.640. The van der Waals surface area contributed by atoms with Crippen LogP contribution in [0.4, 0.5) is 0 Å². The Morgan fingerprint density at radius 1 is 0.893 bits per heavy atom. The Kier molecular flexibility index (Phi) is 7.68. The number of aryl methyl sites for hydroxylation is 2. The van der Waals surface area contributed by atoms with E-state index in [0.29, 0.717) is 11.8 Å². The first-order valence-corrected chi connectivity index (χ1v) is 12.1. The second-order valence-corrected chi connectivity index (χ2v) is 9.62. The Hall–Kier alpha value is -1.66. The molecular weight excluding hydrogens is 388 g/mol. The van der Waals surface area contributed by atoms with Crippen molar-refractivity contribution in [1.82, 2.24) is 10.6 Å². The van der Waals surface area contributed by atoms with Crippen molar-refractivity contribution in [3.63, 3.8) is 0 Å². The van der Waals surface area contributed by atoms with E-state index >= 15 is 0 Å². The van der Waals surface area contributed by atoms with Crippen LogP contribution in [0.15, 0.2) is 22.9 Å². The van der Waals surface area contributed by atoms with Gasteiger partial charge in [-0.25, -0.2) is 0 Å². The number of amides is 2. The molecule has 1 fully saturated rings. The minimum Gasteiger partial charge on any atom is -0.352 e. The Labute approximate surface area is 175 Å². The first kappa shape index (κ1) is 21.1. The maximum atomic E-state index is 12.3. The Morgan fingerprint density at radius 3 is 1.75 bits per heavy atom. The predicted octanol–water partition coefficient (Wildman–Crippen LogP) is 4.90. The molecule has 2 N–H and O–H groups in total. The number of thiophene rings is 2. The number of carbonyl (C=O) groups is 2. The van der Waals surface area contributed by atoms with Crippen LogP contribution in [0.1, 0.15) is 70.0 Å². The highest BCUT2D eigenvalue weighted by Crippen LogP contribution is 2.28. The molecule has 152 valence electrons. The topological polar surface area (TPSA) is 58.2 Å². The predicted molar refractivity (Wildman–Crippen MR) is 118 cm³/mol. The van der Waals surface area contributed by atoms with E-state index in [1.807, 2.05) is 22.9 Å². The van der Waals surface area contributed by atoms with Crippen molar-refractivity contribution >= 4 is 34.5 Å². The number of carbonyl (C=O) groups excluding carboxylic acids is 2. The molecule has 1 aliphatic rings. The van der Waals surface area contributed by atoms with Crippen LogP contribution in [0.2, 0.25) is 0 Å². The van der Waals surface area contributed by atoms with Crippen LogP contribution in [0.5, 0.6) is 0 Å². The van der Waals surface area contributed by atoms with Gasteiger partial charge in [-0.05, 0) is 56.1 Å². The molecule has 28 heavy (non-hydrogen) atoms. The van der Waals surface area contributed by atoms with Gasteiger partial charge in [-0.2, -0.15) is 0 Å². The monoisotopic (exact) mass is 418 g/mol. The number of hydrogen-bond acceptors (Lipinski definition) is 4. The van der Waals surface area contributed by atoms with E-state index in [1.165, 1.54) is 9.75 Å². The molecule has 0 aliphatic heterocycles. The highest BCUT2D eigenvalue weighted by molar-refractivity contribution is 7.10. The Balaban J connectivity index is 1.42. The zero-order chi connectivity index (χ0) is 19.9. The lowest BCUT2D eigenvalue weighted by molar-refractivity contribution is 0.0936. The summed E-state index contributed by atoms with van der Waals surface area (Å²) in [7, 11) is 0. The number of nitrogens with one attached hydrogen (secondary N) is 2. The van der Waals surface area contributed by atoms with Gasteiger partial charge < -0.3 is 10.6 Å². The summed E-state index contributed by atoms with van der Waals surface area (Å²) in [4.78, 5) is 27.2. The Morgan fingerprint density at radius 2 is 1.36 bits per heavy atom. The molecule has 2 heterocycles. The molecule has 3 rings (SSSR count). The SMILES string of the molecule is CCc1cc(C(=O)NC[C@H]2CCC[C@H](CNC(=O)c3csc(CC)c3)C2)cs1. The van der Waals surface area contributed by atoms with E-state index in [-0.39, 0.29) is 11.8 Å². The van der Waals surface area contributed by atoms with Crippen molar-refractivity contribution in [2.24, 2.45) is 11.8 Å². The molecule has 1 saturated carbocycles. The lowest BCUT2D eigenvalue weighted by Gasteiger charge is -2.29. The van der Waals surface area contributed by atoms with Crippen LogP contribution in [0, 0.1) is 11.8 Å². The molecular formula is C22H30N2O2S2. The third-order valence-electron chi connectivity index (χ3n) is 5.52. The molecule has 2 amide bonds. The second kappa shape index (κ2) is 10.2. The average Bonchev–Trinajstić information content (AvgIpc) is 3.40. The van der Waals surface area contributed by atoms with Crippen LogP contribution in [0.25, 0.3) is 0 Å². The summed E-state index contributed by atoms with van der Waals surface area (Å²) in [6.07, 6.45) is 6.47. The van der Waals surface area contributed by atoms with Crippen LogP contribution in [0.3, 0.4) is 0 Å². The summed E-state index contributed by atoms with van der Waals surface area (Å²) in [6.45, 7) is 5.67. The summed E-state index contributed by atoms with van der Waals surface area (Å²) in [5, 5.41) is 10.1. The van der Waals surface area contributed by atoms with Crippen LogP contribution in [-0.4, -0.2) is 24.9 Å². The first-order chi connectivity index (χ1) is 13.6. The fourth-order valence-corrected chi connectivity index (χ4v) is 5.45. The molecule has 0 unspecified atom stereocenters. The third kappa shape index (κ3) is 5.67. The van der Waals surface area contributed by atoms with Gasteiger partial charge in [0.15, 0.2) is 0 Å². The maximum absolute atomic E-state index is 12.3. The van der Waals surface area contributed by atoms with Gasteiger partial charge in [-0.3, -0.25) is 9.59 Å². The lowest BCUT2D eigenvalue weighted by atomic mass is 9.81. The highest BCUT2D eigenvalue weighted by atomic mass is 32.1. The minimum absolute atomic E-state index is 0.0376. The third-order valence-corrected chi connectivity index (χ3v) is 7.68. The van der Waals surface area contributed by atoms with Gasteiger partial charge in [0.05, 0.1) is 11.1 Å². The van der Waals surface area contributed by atoms with Crippen LogP contribution in [-0.2, 0) is 12.8 Å². The normalized spacial score (nSPS) is 19.4. The Bertz CT molecular complexity index is 732. The van der Waals surface area contributed by atoms with E-state index in [1.54, 1.807) is 22.7 Å². The molecule has 2 aromatic heterocycles. The second-order valence-electron chi connectivity index (χ2n) is 7.63. The highest BCUT2D eigenvalue weighted by Gasteiger charge is 2.23. The van der Waals surface area contributed by atoms with Crippen molar-refractivity contribution < 1.29 is 9.59 Å². The van der Waals surface area contributed by atoms with E-state index in [9.17, 15) is 9.59 Å². The summed E-state index contributed by atoms with van der Waals surface area (Å²) in [5.41, 5.74) is 1.56. The summed E-state index contributed by atoms with van der Waals surface area (Å²) in [5.74, 6) is 1.07. The minimum atomic E-state index is 0.0376. The molecule has 0 spiro atoms. The van der Waals surface area contributed by atoms with E-state index < -0.39 is 0 Å². The van der Waals surface area contributed by atoms with Gasteiger partial charge in [0, 0.05) is 33.6 Å². The molecule has 0 aromatic carbocycles.